The molecule has 7 nitrogen and oxygen atoms in total. The summed E-state index contributed by atoms with van der Waals surface area (Å²) in [6.45, 7) is -4.35. The number of nitrogens with one attached hydrogen (secondary N) is 2. The van der Waals surface area contributed by atoms with Crippen molar-refractivity contribution in [2.24, 2.45) is 4.99 Å². The van der Waals surface area contributed by atoms with Crippen molar-refractivity contribution < 1.29 is 36.2 Å². The highest BCUT2D eigenvalue weighted by Gasteiger charge is 2.29. The summed E-state index contributed by atoms with van der Waals surface area (Å²) in [5, 5.41) is 5.81. The first-order valence-corrected chi connectivity index (χ1v) is 8.91. The Morgan fingerprint density at radius 2 is 1.81 bits per heavy atom. The maximum absolute atomic E-state index is 12.6. The Labute approximate surface area is 198 Å². The summed E-state index contributed by atoms with van der Waals surface area (Å²) in [6, 6.07) is 7.48. The van der Waals surface area contributed by atoms with Gasteiger partial charge < -0.3 is 24.8 Å². The molecule has 0 fully saturated rings. The number of ether oxygens (including phenoxy) is 3. The van der Waals surface area contributed by atoms with Gasteiger partial charge in [0.1, 0.15) is 11.5 Å². The van der Waals surface area contributed by atoms with Crippen LogP contribution >= 0.6 is 24.0 Å². The third-order valence-electron chi connectivity index (χ3n) is 3.82. The number of hydrogen-bond acceptors (Lipinski definition) is 5. The van der Waals surface area contributed by atoms with Crippen LogP contribution in [0.15, 0.2) is 41.5 Å². The van der Waals surface area contributed by atoms with E-state index in [0.29, 0.717) is 16.9 Å². The fourth-order valence-electron chi connectivity index (χ4n) is 2.45. The summed E-state index contributed by atoms with van der Waals surface area (Å²) in [7, 11) is 2.91. The average Bonchev–Trinajstić information content (AvgIpc) is 2.73. The number of alkyl halides is 5. The Morgan fingerprint density at radius 1 is 1.12 bits per heavy atom. The van der Waals surface area contributed by atoms with E-state index in [1.807, 2.05) is 0 Å². The smallest absolute Gasteiger partial charge is 0.422 e. The first-order valence-electron chi connectivity index (χ1n) is 8.91. The van der Waals surface area contributed by atoms with Crippen molar-refractivity contribution in [3.63, 3.8) is 0 Å². The molecule has 2 rings (SSSR count). The second kappa shape index (κ2) is 13.1. The van der Waals surface area contributed by atoms with Gasteiger partial charge in [0.2, 0.25) is 5.88 Å². The number of pyridine rings is 1. The molecule has 1 aromatic heterocycles. The second-order valence-corrected chi connectivity index (χ2v) is 6.00. The van der Waals surface area contributed by atoms with E-state index in [9.17, 15) is 22.0 Å². The van der Waals surface area contributed by atoms with Crippen LogP contribution in [0.4, 0.5) is 22.0 Å². The normalized spacial score (nSPS) is 11.6. The Kier molecular flexibility index (Phi) is 11.2. The van der Waals surface area contributed by atoms with Gasteiger partial charge in [-0.1, -0.05) is 6.07 Å². The largest absolute Gasteiger partial charge is 0.497 e. The van der Waals surface area contributed by atoms with Crippen LogP contribution in [0.25, 0.3) is 0 Å². The zero-order valence-corrected chi connectivity index (χ0v) is 19.4. The van der Waals surface area contributed by atoms with Gasteiger partial charge in [-0.15, -0.1) is 24.0 Å². The molecule has 0 aliphatic heterocycles. The zero-order valence-electron chi connectivity index (χ0n) is 17.1. The molecule has 0 atom stereocenters. The maximum Gasteiger partial charge on any atom is 0.422 e. The summed E-state index contributed by atoms with van der Waals surface area (Å²) < 4.78 is 76.8. The molecule has 0 spiro atoms. The van der Waals surface area contributed by atoms with Crippen molar-refractivity contribution in [3.8, 4) is 17.4 Å². The van der Waals surface area contributed by atoms with Gasteiger partial charge in [0.05, 0.1) is 7.11 Å². The van der Waals surface area contributed by atoms with Crippen molar-refractivity contribution in [1.29, 1.82) is 0 Å². The van der Waals surface area contributed by atoms with E-state index in [1.54, 1.807) is 12.1 Å². The Balaban J connectivity index is 0.00000512. The molecule has 0 aliphatic carbocycles. The molecule has 0 amide bonds. The highest BCUT2D eigenvalue weighted by Crippen LogP contribution is 2.25. The monoisotopic (exact) mass is 576 g/mol. The topological polar surface area (TPSA) is 77.0 Å². The van der Waals surface area contributed by atoms with Crippen molar-refractivity contribution in [2.75, 3.05) is 20.8 Å². The molecule has 13 heteroatoms. The number of nitrogens with zero attached hydrogens (tertiary/aromatic N) is 2. The molecule has 2 N–H and O–H groups in total. The van der Waals surface area contributed by atoms with Gasteiger partial charge in [-0.3, -0.25) is 4.99 Å². The van der Waals surface area contributed by atoms with Gasteiger partial charge in [-0.05, 0) is 24.3 Å². The summed E-state index contributed by atoms with van der Waals surface area (Å²) in [4.78, 5) is 7.81. The van der Waals surface area contributed by atoms with Crippen LogP contribution in [0.1, 0.15) is 11.1 Å². The lowest BCUT2D eigenvalue weighted by molar-refractivity contribution is -0.154. The second-order valence-electron chi connectivity index (χ2n) is 6.00. The van der Waals surface area contributed by atoms with E-state index in [2.05, 4.69) is 25.3 Å². The lowest BCUT2D eigenvalue weighted by atomic mass is 10.2. The Hall–Kier alpha value is -2.58. The standard InChI is InChI=1S/C19H21F5N4O3.HI/c1-25-18(27-9-12-4-3-7-26-16(12)30-11-19(22,23)24)28-10-13-8-14(29-2)5-6-15(13)31-17(20)21;/h3-8,17H,9-11H2,1-2H3,(H2,25,27,28);1H. The third-order valence-corrected chi connectivity index (χ3v) is 3.82. The summed E-state index contributed by atoms with van der Waals surface area (Å²) in [5.74, 6) is 0.511. The molecular weight excluding hydrogens is 554 g/mol. The van der Waals surface area contributed by atoms with Crippen LogP contribution in [0.5, 0.6) is 17.4 Å². The highest BCUT2D eigenvalue weighted by molar-refractivity contribution is 14.0. The number of guanidine groups is 1. The molecular formula is C19H22F5IN4O3. The van der Waals surface area contributed by atoms with Crippen molar-refractivity contribution >= 4 is 29.9 Å². The van der Waals surface area contributed by atoms with Crippen LogP contribution in [0, 0.1) is 0 Å². The maximum atomic E-state index is 12.6. The fourth-order valence-corrected chi connectivity index (χ4v) is 2.45. The van der Waals surface area contributed by atoms with Gasteiger partial charge in [-0.2, -0.15) is 22.0 Å². The number of aliphatic imine (C=N–C) groups is 1. The molecule has 0 unspecified atom stereocenters. The molecule has 0 aliphatic rings. The molecule has 1 heterocycles. The number of hydrogen-bond donors (Lipinski definition) is 2. The van der Waals surface area contributed by atoms with Crippen LogP contribution in [0.3, 0.4) is 0 Å². The summed E-state index contributed by atoms with van der Waals surface area (Å²) in [6.07, 6.45) is -3.18. The molecule has 178 valence electrons. The van der Waals surface area contributed by atoms with E-state index < -0.39 is 19.4 Å². The number of rotatable bonds is 9. The average molecular weight is 576 g/mol. The predicted octanol–water partition coefficient (Wildman–Crippen LogP) is 4.12. The summed E-state index contributed by atoms with van der Waals surface area (Å²) >= 11 is 0. The zero-order chi connectivity index (χ0) is 22.9. The lowest BCUT2D eigenvalue weighted by Gasteiger charge is -2.16. The third kappa shape index (κ3) is 9.28. The number of halogens is 6. The predicted molar refractivity (Wildman–Crippen MR) is 118 cm³/mol. The van der Waals surface area contributed by atoms with Gasteiger partial charge in [0.25, 0.3) is 0 Å². The van der Waals surface area contributed by atoms with E-state index in [-0.39, 0.29) is 54.7 Å². The minimum Gasteiger partial charge on any atom is -0.497 e. The quantitative estimate of drug-likeness (QED) is 0.203. The molecule has 0 saturated heterocycles. The SMILES string of the molecule is CN=C(NCc1cc(OC)ccc1OC(F)F)NCc1cccnc1OCC(F)(F)F.I. The van der Waals surface area contributed by atoms with Crippen LogP contribution < -0.4 is 24.8 Å². The molecule has 0 saturated carbocycles. The number of aromatic nitrogens is 1. The highest BCUT2D eigenvalue weighted by atomic mass is 127. The van der Waals surface area contributed by atoms with Gasteiger partial charge in [0.15, 0.2) is 12.6 Å². The number of benzene rings is 1. The fraction of sp³-hybridized carbons (Fsp3) is 0.368. The molecule has 32 heavy (non-hydrogen) atoms. The van der Waals surface area contributed by atoms with Crippen molar-refractivity contribution in [3.05, 3.63) is 47.7 Å². The first kappa shape index (κ1) is 27.5. The molecule has 0 radical (unpaired) electrons. The van der Waals surface area contributed by atoms with Crippen LogP contribution in [-0.2, 0) is 13.1 Å². The Morgan fingerprint density at radius 3 is 2.41 bits per heavy atom. The van der Waals surface area contributed by atoms with Crippen molar-refractivity contribution in [1.82, 2.24) is 15.6 Å². The lowest BCUT2D eigenvalue weighted by Crippen LogP contribution is -2.36. The van der Waals surface area contributed by atoms with Gasteiger partial charge >= 0.3 is 12.8 Å². The van der Waals surface area contributed by atoms with E-state index >= 15 is 0 Å². The minimum absolute atomic E-state index is 0. The first-order chi connectivity index (χ1) is 14.7. The van der Waals surface area contributed by atoms with E-state index in [1.165, 1.54) is 38.6 Å². The number of methoxy groups -OCH3 is 1. The van der Waals surface area contributed by atoms with Crippen LogP contribution in [-0.4, -0.2) is 44.5 Å². The van der Waals surface area contributed by atoms with E-state index in [4.69, 9.17) is 9.47 Å². The van der Waals surface area contributed by atoms with Crippen molar-refractivity contribution in [2.45, 2.75) is 25.9 Å². The van der Waals surface area contributed by atoms with Gasteiger partial charge in [-0.25, -0.2) is 4.98 Å². The molecule has 1 aromatic carbocycles. The minimum atomic E-state index is -4.49. The van der Waals surface area contributed by atoms with E-state index in [0.717, 1.165) is 0 Å². The Bertz CT molecular complexity index is 884. The molecule has 2 aromatic rings. The van der Waals surface area contributed by atoms with Gasteiger partial charge in [0, 0.05) is 37.5 Å². The molecule has 0 bridgehead atoms. The summed E-state index contributed by atoms with van der Waals surface area (Å²) in [5.41, 5.74) is 0.760. The van der Waals surface area contributed by atoms with Crippen LogP contribution in [0.2, 0.25) is 0 Å².